The lowest BCUT2D eigenvalue weighted by molar-refractivity contribution is -0.545. The highest BCUT2D eigenvalue weighted by atomic mass is 35.5. The van der Waals surface area contributed by atoms with E-state index < -0.39 is 5.97 Å². The Balaban J connectivity index is 0.000000516. The van der Waals surface area contributed by atoms with Gasteiger partial charge in [-0.15, -0.1) is 5.12 Å². The summed E-state index contributed by atoms with van der Waals surface area (Å²) in [6.45, 7) is 0.972. The summed E-state index contributed by atoms with van der Waals surface area (Å²) in [6.07, 6.45) is 1.77. The average molecular weight is 396 g/mol. The fourth-order valence-corrected chi connectivity index (χ4v) is 2.62. The highest BCUT2D eigenvalue weighted by molar-refractivity contribution is 6.30. The van der Waals surface area contributed by atoms with E-state index in [4.69, 9.17) is 26.6 Å². The molecule has 3 aromatic rings. The minimum absolute atomic E-state index is 0.693. The minimum atomic E-state index is -1.08. The number of aromatic nitrogens is 1. The maximum Gasteiger partial charge on any atom is 0.277 e. The van der Waals surface area contributed by atoms with Crippen molar-refractivity contribution in [3.05, 3.63) is 89.6 Å². The number of anilines is 2. The molecule has 0 spiro atoms. The molecule has 2 heterocycles. The van der Waals surface area contributed by atoms with Crippen molar-refractivity contribution in [1.29, 1.82) is 0 Å². The molecule has 7 nitrogen and oxygen atoms in total. The number of pyridine rings is 1. The summed E-state index contributed by atoms with van der Waals surface area (Å²) in [5.41, 5.74) is 3.94. The molecule has 28 heavy (non-hydrogen) atoms. The zero-order valence-electron chi connectivity index (χ0n) is 15.1. The van der Waals surface area contributed by atoms with Gasteiger partial charge in [0.1, 0.15) is 0 Å². The van der Waals surface area contributed by atoms with E-state index in [2.05, 4.69) is 4.98 Å². The van der Waals surface area contributed by atoms with Crippen molar-refractivity contribution in [2.75, 3.05) is 10.2 Å². The van der Waals surface area contributed by atoms with Gasteiger partial charge < -0.3 is 9.90 Å². The third-order valence-electron chi connectivity index (χ3n) is 3.66. The molecule has 2 aromatic carbocycles. The van der Waals surface area contributed by atoms with Gasteiger partial charge >= 0.3 is 0 Å². The molecule has 2 N–H and O–H groups in total. The van der Waals surface area contributed by atoms with Crippen LogP contribution in [0.4, 0.5) is 11.5 Å². The number of carbonyl (C=O) groups is 1. The van der Waals surface area contributed by atoms with Crippen LogP contribution < -0.4 is 20.8 Å². The topological polar surface area (TPSA) is 88.5 Å². The normalized spacial score (nSPS) is 12.9. The molecule has 0 unspecified atom stereocenters. The number of nitrogens with two attached hydrogens (primary N) is 1. The third-order valence-corrected chi connectivity index (χ3v) is 3.91. The number of carbonyl (C=O) groups excluding carboxylic acids is 1. The fourth-order valence-electron chi connectivity index (χ4n) is 2.50. The second-order valence-electron chi connectivity index (χ2n) is 5.77. The highest BCUT2D eigenvalue weighted by Crippen LogP contribution is 2.23. The molecule has 0 atom stereocenters. The zero-order valence-corrected chi connectivity index (χ0v) is 15.8. The molecule has 0 aliphatic carbocycles. The smallest absolute Gasteiger partial charge is 0.277 e. The van der Waals surface area contributed by atoms with Gasteiger partial charge in [0.2, 0.25) is 5.82 Å². The lowest BCUT2D eigenvalue weighted by Crippen LogP contribution is -2.96. The number of halogens is 1. The first-order chi connectivity index (χ1) is 13.5. The first-order valence-corrected chi connectivity index (χ1v) is 8.85. The molecule has 142 valence electrons. The summed E-state index contributed by atoms with van der Waals surface area (Å²) in [7, 11) is 0. The van der Waals surface area contributed by atoms with Crippen LogP contribution in [-0.4, -0.2) is 16.8 Å². The average Bonchev–Trinajstić information content (AvgIpc) is 3.15. The number of carboxylic acid groups (broad SMARTS) is 1. The van der Waals surface area contributed by atoms with Crippen molar-refractivity contribution in [2.24, 2.45) is 5.10 Å². The number of hydrazine groups is 1. The van der Waals surface area contributed by atoms with Crippen LogP contribution in [0.2, 0.25) is 5.02 Å². The molecule has 1 aliphatic heterocycles. The Hall–Kier alpha value is -3.42. The standard InChI is InChI=1S/C18H14ClN5.C2H4O2/c19-15-9-11-16(12-10-15)23-21-18(14-6-2-1-3-7-14)22-24(23)17-8-4-5-13-20-17;1-2(3)4/h1-13H,(H,21,22);1H3,(H,3,4). The van der Waals surface area contributed by atoms with E-state index in [0.29, 0.717) is 5.02 Å². The van der Waals surface area contributed by atoms with E-state index in [-0.39, 0.29) is 0 Å². The highest BCUT2D eigenvalue weighted by Gasteiger charge is 2.31. The number of aliphatic carboxylic acids is 1. The monoisotopic (exact) mass is 395 g/mol. The van der Waals surface area contributed by atoms with Crippen molar-refractivity contribution in [1.82, 2.24) is 4.98 Å². The molecule has 4 rings (SSSR count). The van der Waals surface area contributed by atoms with E-state index in [9.17, 15) is 0 Å². The first-order valence-electron chi connectivity index (χ1n) is 8.47. The number of quaternary nitrogens is 1. The Morgan fingerprint density at radius 3 is 2.25 bits per heavy atom. The second kappa shape index (κ2) is 8.98. The Labute approximate surface area is 167 Å². The van der Waals surface area contributed by atoms with Crippen LogP contribution >= 0.6 is 11.6 Å². The van der Waals surface area contributed by atoms with Crippen LogP contribution in [0, 0.1) is 0 Å². The van der Waals surface area contributed by atoms with Gasteiger partial charge in [-0.2, -0.15) is 5.43 Å². The molecule has 0 bridgehead atoms. The van der Waals surface area contributed by atoms with Crippen molar-refractivity contribution in [2.45, 2.75) is 6.92 Å². The van der Waals surface area contributed by atoms with Gasteiger partial charge in [0.25, 0.3) is 5.84 Å². The van der Waals surface area contributed by atoms with Crippen LogP contribution in [0.25, 0.3) is 0 Å². The van der Waals surface area contributed by atoms with Gasteiger partial charge in [0.15, 0.2) is 0 Å². The van der Waals surface area contributed by atoms with Crippen molar-refractivity contribution in [3.63, 3.8) is 0 Å². The molecular weight excluding hydrogens is 378 g/mol. The number of hydrazone groups is 1. The van der Waals surface area contributed by atoms with Crippen molar-refractivity contribution in [3.8, 4) is 0 Å². The number of hydrogen-bond donors (Lipinski definition) is 1. The molecule has 1 aromatic heterocycles. The van der Waals surface area contributed by atoms with E-state index >= 15 is 0 Å². The van der Waals surface area contributed by atoms with E-state index in [1.54, 1.807) is 6.20 Å². The maximum absolute atomic E-state index is 8.89. The summed E-state index contributed by atoms with van der Waals surface area (Å²) >= 11 is 6.01. The van der Waals surface area contributed by atoms with Crippen LogP contribution in [-0.2, 0) is 4.79 Å². The quantitative estimate of drug-likeness (QED) is 0.680. The number of hydrogen-bond acceptors (Lipinski definition) is 6. The molecule has 8 heteroatoms. The molecule has 0 saturated carbocycles. The molecular formula is C20H18ClN5O2. The van der Waals surface area contributed by atoms with Gasteiger partial charge in [-0.3, -0.25) is 0 Å². The third kappa shape index (κ3) is 4.85. The first kappa shape index (κ1) is 19.3. The predicted molar refractivity (Wildman–Crippen MR) is 106 cm³/mol. The number of amidine groups is 1. The van der Waals surface area contributed by atoms with Gasteiger partial charge in [0.05, 0.1) is 11.3 Å². The van der Waals surface area contributed by atoms with E-state index in [1.807, 2.05) is 88.5 Å². The largest absolute Gasteiger partial charge is 0.550 e. The van der Waals surface area contributed by atoms with Crippen LogP contribution in [0.5, 0.6) is 0 Å². The Morgan fingerprint density at radius 2 is 1.64 bits per heavy atom. The lowest BCUT2D eigenvalue weighted by Gasteiger charge is -2.22. The lowest BCUT2D eigenvalue weighted by atomic mass is 10.2. The summed E-state index contributed by atoms with van der Waals surface area (Å²) < 4.78 is 0. The van der Waals surface area contributed by atoms with Gasteiger partial charge in [-0.05, 0) is 55.5 Å². The van der Waals surface area contributed by atoms with Crippen molar-refractivity contribution >= 4 is 34.9 Å². The van der Waals surface area contributed by atoms with Crippen LogP contribution in [0.15, 0.2) is 84.1 Å². The minimum Gasteiger partial charge on any atom is -0.550 e. The molecule has 0 fully saturated rings. The predicted octanol–water partition coefficient (Wildman–Crippen LogP) is 1.57. The molecule has 0 saturated heterocycles. The molecule has 1 aliphatic rings. The number of rotatable bonds is 3. The van der Waals surface area contributed by atoms with Crippen molar-refractivity contribution < 1.29 is 15.3 Å². The van der Waals surface area contributed by atoms with E-state index in [1.165, 1.54) is 0 Å². The van der Waals surface area contributed by atoms with Crippen LogP contribution in [0.1, 0.15) is 12.5 Å². The van der Waals surface area contributed by atoms with Crippen LogP contribution in [0.3, 0.4) is 0 Å². The number of carboxylic acids is 1. The Kier molecular flexibility index (Phi) is 6.21. The summed E-state index contributed by atoms with van der Waals surface area (Å²) in [5.74, 6) is 0.582. The van der Waals surface area contributed by atoms with E-state index in [0.717, 1.165) is 29.8 Å². The summed E-state index contributed by atoms with van der Waals surface area (Å²) in [4.78, 5) is 13.3. The second-order valence-corrected chi connectivity index (χ2v) is 6.21. The molecule has 0 amide bonds. The zero-order chi connectivity index (χ0) is 19.9. The SMILES string of the molecule is CC(=O)[O-].Clc1ccc(N2N=C(c3ccccc3)[NH2+]N2c2ccccn2)cc1. The number of nitrogens with zero attached hydrogens (tertiary/aromatic N) is 4. The Bertz CT molecular complexity index is 945. The Morgan fingerprint density at radius 1 is 1.00 bits per heavy atom. The molecule has 0 radical (unpaired) electrons. The van der Waals surface area contributed by atoms with Gasteiger partial charge in [-0.25, -0.2) is 4.98 Å². The fraction of sp³-hybridized carbons (Fsp3) is 0.0500. The van der Waals surface area contributed by atoms with Gasteiger partial charge in [-0.1, -0.05) is 46.1 Å². The summed E-state index contributed by atoms with van der Waals surface area (Å²) in [6, 6.07) is 23.4. The maximum atomic E-state index is 8.89. The van der Waals surface area contributed by atoms with Gasteiger partial charge in [0, 0.05) is 17.2 Å². The number of benzene rings is 2. The summed E-state index contributed by atoms with van der Waals surface area (Å²) in [5, 5.41) is 18.1.